The Morgan fingerprint density at radius 2 is 2.00 bits per heavy atom. The molecule has 0 spiro atoms. The van der Waals surface area contributed by atoms with Crippen LogP contribution in [0.25, 0.3) is 5.69 Å². The van der Waals surface area contributed by atoms with E-state index in [2.05, 4.69) is 5.10 Å². The molecule has 0 aliphatic rings. The van der Waals surface area contributed by atoms with Gasteiger partial charge in [0, 0.05) is 0 Å². The lowest BCUT2D eigenvalue weighted by Gasteiger charge is -2.04. The van der Waals surface area contributed by atoms with E-state index in [0.717, 1.165) is 0 Å². The smallest absolute Gasteiger partial charge is 0.208 e. The Kier molecular flexibility index (Phi) is 3.08. The molecule has 4 nitrogen and oxygen atoms in total. The van der Waals surface area contributed by atoms with E-state index in [1.165, 1.54) is 34.3 Å². The number of carbonyl (C=O) groups is 1. The van der Waals surface area contributed by atoms with Gasteiger partial charge in [-0.3, -0.25) is 4.79 Å². The molecule has 3 rings (SSSR count). The predicted molar refractivity (Wildman–Crippen MR) is 75.7 cm³/mol. The number of nitrogen functional groups attached to an aromatic ring is 1. The number of halogens is 1. The second kappa shape index (κ2) is 4.90. The Hall–Kier alpha value is -2.47. The van der Waals surface area contributed by atoms with Gasteiger partial charge >= 0.3 is 0 Å². The van der Waals surface area contributed by atoms with Crippen LogP contribution in [0.5, 0.6) is 0 Å². The number of nitrogens with two attached hydrogens (primary N) is 1. The highest BCUT2D eigenvalue weighted by atomic mass is 32.1. The average Bonchev–Trinajstić information content (AvgIpc) is 3.09. The number of aromatic nitrogens is 2. The number of ketones is 1. The molecule has 0 amide bonds. The molecule has 0 aliphatic carbocycles. The molecule has 2 aromatic heterocycles. The van der Waals surface area contributed by atoms with Crippen LogP contribution in [0.3, 0.4) is 0 Å². The van der Waals surface area contributed by atoms with E-state index >= 15 is 0 Å². The Labute approximate surface area is 118 Å². The summed E-state index contributed by atoms with van der Waals surface area (Å²) in [5.74, 6) is -0.254. The van der Waals surface area contributed by atoms with Gasteiger partial charge < -0.3 is 5.73 Å². The first-order valence-electron chi connectivity index (χ1n) is 5.84. The van der Waals surface area contributed by atoms with Crippen LogP contribution in [-0.2, 0) is 0 Å². The number of hydrogen-bond acceptors (Lipinski definition) is 4. The molecular formula is C14H10FN3OS. The van der Waals surface area contributed by atoms with Gasteiger partial charge in [-0.2, -0.15) is 5.10 Å². The van der Waals surface area contributed by atoms with Crippen molar-refractivity contribution < 1.29 is 9.18 Å². The van der Waals surface area contributed by atoms with Crippen molar-refractivity contribution in [2.75, 3.05) is 5.73 Å². The molecule has 0 saturated heterocycles. The van der Waals surface area contributed by atoms with Gasteiger partial charge in [0.15, 0.2) is 0 Å². The van der Waals surface area contributed by atoms with Crippen LogP contribution >= 0.6 is 11.3 Å². The second-order valence-corrected chi connectivity index (χ2v) is 5.09. The van der Waals surface area contributed by atoms with Crippen LogP contribution < -0.4 is 5.73 Å². The fraction of sp³-hybridized carbons (Fsp3) is 0. The normalized spacial score (nSPS) is 10.7. The highest BCUT2D eigenvalue weighted by Gasteiger charge is 2.18. The van der Waals surface area contributed by atoms with Gasteiger partial charge in [0.05, 0.1) is 22.3 Å². The number of hydrogen-bond donors (Lipinski definition) is 1. The van der Waals surface area contributed by atoms with E-state index < -0.39 is 0 Å². The molecule has 0 radical (unpaired) electrons. The molecule has 1 aromatic carbocycles. The third-order valence-corrected chi connectivity index (χ3v) is 3.74. The SMILES string of the molecule is Nc1c(C(=O)c2cccs2)cnn1-c1ccc(F)cc1. The summed E-state index contributed by atoms with van der Waals surface area (Å²) >= 11 is 1.35. The highest BCUT2D eigenvalue weighted by Crippen LogP contribution is 2.22. The molecule has 6 heteroatoms. The molecule has 2 N–H and O–H groups in total. The van der Waals surface area contributed by atoms with Crippen LogP contribution in [0.4, 0.5) is 10.2 Å². The van der Waals surface area contributed by atoms with E-state index in [1.54, 1.807) is 24.3 Å². The maximum atomic E-state index is 12.9. The van der Waals surface area contributed by atoms with Crippen LogP contribution in [0.15, 0.2) is 48.0 Å². The molecule has 3 aromatic rings. The van der Waals surface area contributed by atoms with Gasteiger partial charge in [0.2, 0.25) is 5.78 Å². The summed E-state index contributed by atoms with van der Waals surface area (Å²) in [6.45, 7) is 0. The number of anilines is 1. The van der Waals surface area contributed by atoms with Crippen molar-refractivity contribution >= 4 is 22.9 Å². The molecule has 100 valence electrons. The van der Waals surface area contributed by atoms with Crippen molar-refractivity contribution in [3.05, 3.63) is 64.2 Å². The van der Waals surface area contributed by atoms with Crippen LogP contribution in [0, 0.1) is 5.82 Å². The molecular weight excluding hydrogens is 277 g/mol. The lowest BCUT2D eigenvalue weighted by atomic mass is 10.2. The molecule has 0 atom stereocenters. The Morgan fingerprint density at radius 1 is 1.25 bits per heavy atom. The zero-order valence-corrected chi connectivity index (χ0v) is 11.1. The van der Waals surface area contributed by atoms with Gasteiger partial charge in [-0.05, 0) is 35.7 Å². The van der Waals surface area contributed by atoms with Crippen molar-refractivity contribution in [1.82, 2.24) is 9.78 Å². The predicted octanol–water partition coefficient (Wildman–Crippen LogP) is 2.89. The number of benzene rings is 1. The topological polar surface area (TPSA) is 60.9 Å². The average molecular weight is 287 g/mol. The largest absolute Gasteiger partial charge is 0.383 e. The van der Waals surface area contributed by atoms with Crippen LogP contribution in [-0.4, -0.2) is 15.6 Å². The molecule has 20 heavy (non-hydrogen) atoms. The summed E-state index contributed by atoms with van der Waals surface area (Å²) in [5, 5.41) is 5.93. The molecule has 0 unspecified atom stereocenters. The zero-order valence-electron chi connectivity index (χ0n) is 10.3. The summed E-state index contributed by atoms with van der Waals surface area (Å²) in [7, 11) is 0. The highest BCUT2D eigenvalue weighted by molar-refractivity contribution is 7.12. The maximum absolute atomic E-state index is 12.9. The van der Waals surface area contributed by atoms with Gasteiger partial charge in [0.25, 0.3) is 0 Å². The van der Waals surface area contributed by atoms with E-state index in [1.807, 2.05) is 5.38 Å². The molecule has 2 heterocycles. The molecule has 0 bridgehead atoms. The fourth-order valence-electron chi connectivity index (χ4n) is 1.86. The monoisotopic (exact) mass is 287 g/mol. The lowest BCUT2D eigenvalue weighted by Crippen LogP contribution is -2.06. The minimum atomic E-state index is -0.339. The van der Waals surface area contributed by atoms with Crippen LogP contribution in [0.2, 0.25) is 0 Å². The zero-order chi connectivity index (χ0) is 14.1. The Bertz CT molecular complexity index is 747. The number of rotatable bonds is 3. The Balaban J connectivity index is 2.01. The van der Waals surface area contributed by atoms with Crippen molar-refractivity contribution in [2.45, 2.75) is 0 Å². The first-order valence-corrected chi connectivity index (χ1v) is 6.72. The minimum Gasteiger partial charge on any atom is -0.383 e. The number of nitrogens with zero attached hydrogens (tertiary/aromatic N) is 2. The number of carbonyl (C=O) groups excluding carboxylic acids is 1. The summed E-state index contributed by atoms with van der Waals surface area (Å²) < 4.78 is 14.3. The van der Waals surface area contributed by atoms with Crippen molar-refractivity contribution in [3.63, 3.8) is 0 Å². The number of thiophene rings is 1. The van der Waals surface area contributed by atoms with Crippen molar-refractivity contribution in [3.8, 4) is 5.69 Å². The quantitative estimate of drug-likeness (QED) is 0.753. The standard InChI is InChI=1S/C14H10FN3OS/c15-9-3-5-10(6-4-9)18-14(16)11(8-17-18)13(19)12-2-1-7-20-12/h1-8H,16H2. The first-order chi connectivity index (χ1) is 9.66. The lowest BCUT2D eigenvalue weighted by molar-refractivity contribution is 0.104. The summed E-state index contributed by atoms with van der Waals surface area (Å²) in [6.07, 6.45) is 1.43. The van der Waals surface area contributed by atoms with Gasteiger partial charge in [-0.15, -0.1) is 11.3 Å². The maximum Gasteiger partial charge on any atom is 0.208 e. The Morgan fingerprint density at radius 3 is 2.65 bits per heavy atom. The molecule has 0 saturated carbocycles. The molecule has 0 aliphatic heterocycles. The van der Waals surface area contributed by atoms with E-state index in [-0.39, 0.29) is 17.4 Å². The summed E-state index contributed by atoms with van der Waals surface area (Å²) in [5.41, 5.74) is 6.92. The van der Waals surface area contributed by atoms with E-state index in [9.17, 15) is 9.18 Å². The van der Waals surface area contributed by atoms with E-state index in [0.29, 0.717) is 16.1 Å². The second-order valence-electron chi connectivity index (χ2n) is 4.14. The van der Waals surface area contributed by atoms with Crippen molar-refractivity contribution in [1.29, 1.82) is 0 Å². The summed E-state index contributed by atoms with van der Waals surface area (Å²) in [4.78, 5) is 12.9. The van der Waals surface area contributed by atoms with Gasteiger partial charge in [-0.1, -0.05) is 6.07 Å². The van der Waals surface area contributed by atoms with Gasteiger partial charge in [-0.25, -0.2) is 9.07 Å². The first kappa shape index (κ1) is 12.6. The molecule has 0 fully saturated rings. The van der Waals surface area contributed by atoms with E-state index in [4.69, 9.17) is 5.73 Å². The fourth-order valence-corrected chi connectivity index (χ4v) is 2.54. The van der Waals surface area contributed by atoms with Crippen molar-refractivity contribution in [2.24, 2.45) is 0 Å². The third kappa shape index (κ3) is 2.10. The van der Waals surface area contributed by atoms with Gasteiger partial charge in [0.1, 0.15) is 11.6 Å². The summed E-state index contributed by atoms with van der Waals surface area (Å²) in [6, 6.07) is 9.28. The third-order valence-electron chi connectivity index (χ3n) is 2.87. The minimum absolute atomic E-state index is 0.161. The van der Waals surface area contributed by atoms with Crippen LogP contribution in [0.1, 0.15) is 15.2 Å².